The number of hydrogen-bond donors (Lipinski definition) is 2. The lowest BCUT2D eigenvalue weighted by Gasteiger charge is -2.27. The summed E-state index contributed by atoms with van der Waals surface area (Å²) in [5, 5.41) is 6.53. The summed E-state index contributed by atoms with van der Waals surface area (Å²) in [6.07, 6.45) is 1.83. The van der Waals surface area contributed by atoms with Gasteiger partial charge in [0.15, 0.2) is 17.5 Å². The summed E-state index contributed by atoms with van der Waals surface area (Å²) in [6, 6.07) is 6.15. The molecule has 29 heavy (non-hydrogen) atoms. The van der Waals surface area contributed by atoms with Crippen LogP contribution in [0.4, 0.5) is 4.79 Å². The molecule has 0 bridgehead atoms. The average molecular weight is 518 g/mol. The van der Waals surface area contributed by atoms with Gasteiger partial charge in [-0.3, -0.25) is 4.99 Å². The molecule has 162 valence electrons. The second-order valence-electron chi connectivity index (χ2n) is 7.95. The maximum atomic E-state index is 12.4. The number of amides is 1. The molecule has 1 saturated carbocycles. The van der Waals surface area contributed by atoms with Gasteiger partial charge in [0, 0.05) is 32.7 Å². The first-order valence-electron chi connectivity index (χ1n) is 9.68. The van der Waals surface area contributed by atoms with E-state index in [-0.39, 0.29) is 36.9 Å². The van der Waals surface area contributed by atoms with Crippen molar-refractivity contribution in [2.24, 2.45) is 4.99 Å². The molecule has 3 rings (SSSR count). The summed E-state index contributed by atoms with van der Waals surface area (Å²) in [5.74, 6) is 2.21. The van der Waals surface area contributed by atoms with E-state index in [9.17, 15) is 4.79 Å². The number of halogens is 1. The van der Waals surface area contributed by atoms with E-state index in [2.05, 4.69) is 15.6 Å². The van der Waals surface area contributed by atoms with E-state index in [0.717, 1.165) is 29.9 Å². The van der Waals surface area contributed by atoms with E-state index < -0.39 is 5.60 Å². The summed E-state index contributed by atoms with van der Waals surface area (Å²) < 4.78 is 16.3. The summed E-state index contributed by atoms with van der Waals surface area (Å²) in [6.45, 7) is 7.70. The van der Waals surface area contributed by atoms with Crippen LogP contribution in [-0.4, -0.2) is 55.5 Å². The Morgan fingerprint density at radius 2 is 1.97 bits per heavy atom. The van der Waals surface area contributed by atoms with Crippen LogP contribution in [-0.2, 0) is 11.3 Å². The number of ether oxygens (including phenoxy) is 3. The number of carbonyl (C=O) groups excluding carboxylic acids is 1. The largest absolute Gasteiger partial charge is 0.454 e. The van der Waals surface area contributed by atoms with E-state index in [1.807, 2.05) is 43.9 Å². The van der Waals surface area contributed by atoms with Crippen LogP contribution in [0.25, 0.3) is 0 Å². The number of fused-ring (bicyclic) bond motifs is 1. The Bertz CT molecular complexity index is 732. The smallest absolute Gasteiger partial charge is 0.410 e. The maximum absolute atomic E-state index is 12.4. The summed E-state index contributed by atoms with van der Waals surface area (Å²) in [4.78, 5) is 18.4. The van der Waals surface area contributed by atoms with Crippen molar-refractivity contribution in [3.63, 3.8) is 0 Å². The quantitative estimate of drug-likeness (QED) is 0.342. The molecule has 0 radical (unpaired) electrons. The monoisotopic (exact) mass is 518 g/mol. The number of guanidine groups is 1. The fourth-order valence-electron chi connectivity index (χ4n) is 2.88. The van der Waals surface area contributed by atoms with Crippen molar-refractivity contribution in [3.8, 4) is 11.5 Å². The van der Waals surface area contributed by atoms with Crippen molar-refractivity contribution in [1.82, 2.24) is 15.5 Å². The minimum atomic E-state index is -0.486. The molecule has 0 unspecified atom stereocenters. The zero-order chi connectivity index (χ0) is 20.1. The van der Waals surface area contributed by atoms with Crippen LogP contribution in [0.15, 0.2) is 23.2 Å². The van der Waals surface area contributed by atoms with Gasteiger partial charge in [0.05, 0.1) is 0 Å². The number of nitrogens with one attached hydrogen (secondary N) is 2. The molecule has 1 aliphatic heterocycles. The van der Waals surface area contributed by atoms with Gasteiger partial charge in [-0.15, -0.1) is 24.0 Å². The molecule has 2 aliphatic rings. The van der Waals surface area contributed by atoms with Gasteiger partial charge in [-0.05, 0) is 51.3 Å². The Morgan fingerprint density at radius 3 is 2.62 bits per heavy atom. The van der Waals surface area contributed by atoms with E-state index in [1.54, 1.807) is 7.05 Å². The van der Waals surface area contributed by atoms with E-state index >= 15 is 0 Å². The van der Waals surface area contributed by atoms with Gasteiger partial charge in [-0.1, -0.05) is 6.07 Å². The number of carbonyl (C=O) groups is 1. The molecule has 1 aliphatic carbocycles. The average Bonchev–Trinajstić information content (AvgIpc) is 3.36. The number of nitrogens with zero attached hydrogens (tertiary/aromatic N) is 2. The van der Waals surface area contributed by atoms with Gasteiger partial charge in [0.1, 0.15) is 5.60 Å². The third-order valence-electron chi connectivity index (χ3n) is 4.38. The first kappa shape index (κ1) is 23.4. The molecule has 1 heterocycles. The highest BCUT2D eigenvalue weighted by atomic mass is 127. The highest BCUT2D eigenvalue weighted by Crippen LogP contribution is 2.32. The maximum Gasteiger partial charge on any atom is 0.410 e. The van der Waals surface area contributed by atoms with E-state index in [4.69, 9.17) is 14.2 Å². The molecule has 1 aromatic rings. The van der Waals surface area contributed by atoms with Crippen molar-refractivity contribution < 1.29 is 19.0 Å². The van der Waals surface area contributed by atoms with Gasteiger partial charge in [-0.2, -0.15) is 0 Å². The van der Waals surface area contributed by atoms with Crippen LogP contribution in [0.5, 0.6) is 11.5 Å². The molecular formula is C20H31IN4O4. The lowest BCUT2D eigenvalue weighted by Crippen LogP contribution is -2.45. The lowest BCUT2D eigenvalue weighted by molar-refractivity contribution is 0.0238. The summed E-state index contributed by atoms with van der Waals surface area (Å²) in [7, 11) is 1.72. The molecule has 2 N–H and O–H groups in total. The first-order chi connectivity index (χ1) is 13.4. The minimum absolute atomic E-state index is 0. The Hall–Kier alpha value is -1.91. The summed E-state index contributed by atoms with van der Waals surface area (Å²) in [5.41, 5.74) is 0.584. The van der Waals surface area contributed by atoms with Crippen LogP contribution < -0.4 is 20.1 Å². The number of aliphatic imine (C=N–C) groups is 1. The Balaban J connectivity index is 0.00000300. The van der Waals surface area contributed by atoms with E-state index in [1.165, 1.54) is 0 Å². The van der Waals surface area contributed by atoms with Gasteiger partial charge in [0.2, 0.25) is 6.79 Å². The zero-order valence-corrected chi connectivity index (χ0v) is 19.8. The van der Waals surface area contributed by atoms with Crippen LogP contribution in [0, 0.1) is 0 Å². The fourth-order valence-corrected chi connectivity index (χ4v) is 2.88. The molecule has 0 saturated heterocycles. The van der Waals surface area contributed by atoms with Crippen molar-refractivity contribution in [2.45, 2.75) is 51.8 Å². The van der Waals surface area contributed by atoms with Gasteiger partial charge in [0.25, 0.3) is 0 Å². The Morgan fingerprint density at radius 1 is 1.24 bits per heavy atom. The van der Waals surface area contributed by atoms with Gasteiger partial charge < -0.3 is 29.7 Å². The van der Waals surface area contributed by atoms with Crippen molar-refractivity contribution >= 4 is 36.0 Å². The molecule has 9 heteroatoms. The number of hydrogen-bond acceptors (Lipinski definition) is 5. The van der Waals surface area contributed by atoms with Crippen molar-refractivity contribution in [2.75, 3.05) is 26.9 Å². The molecule has 8 nitrogen and oxygen atoms in total. The molecule has 0 atom stereocenters. The van der Waals surface area contributed by atoms with Crippen LogP contribution in [0.3, 0.4) is 0 Å². The fraction of sp³-hybridized carbons (Fsp3) is 0.600. The Kier molecular flexibility index (Phi) is 8.23. The molecule has 1 fully saturated rings. The van der Waals surface area contributed by atoms with Crippen LogP contribution in [0.1, 0.15) is 39.2 Å². The zero-order valence-electron chi connectivity index (χ0n) is 17.5. The van der Waals surface area contributed by atoms with Crippen molar-refractivity contribution in [3.05, 3.63) is 23.8 Å². The highest BCUT2D eigenvalue weighted by molar-refractivity contribution is 14.0. The van der Waals surface area contributed by atoms with Crippen molar-refractivity contribution in [1.29, 1.82) is 0 Å². The second-order valence-corrected chi connectivity index (χ2v) is 7.95. The standard InChI is InChI=1S/C20H30N4O4.HI/c1-20(2,3)28-19(25)24(15-6-7-15)10-9-22-18(21-4)23-12-14-5-8-16-17(11-14)27-13-26-16;/h5,8,11,15H,6-7,9-10,12-13H2,1-4H3,(H2,21,22,23);1H. The topological polar surface area (TPSA) is 84.4 Å². The van der Waals surface area contributed by atoms with Gasteiger partial charge >= 0.3 is 6.09 Å². The molecule has 1 aromatic carbocycles. The normalized spacial score (nSPS) is 15.4. The predicted molar refractivity (Wildman–Crippen MR) is 122 cm³/mol. The highest BCUT2D eigenvalue weighted by Gasteiger charge is 2.34. The molecule has 0 aromatic heterocycles. The predicted octanol–water partition coefficient (Wildman–Crippen LogP) is 3.10. The van der Waals surface area contributed by atoms with E-state index in [0.29, 0.717) is 31.6 Å². The third-order valence-corrected chi connectivity index (χ3v) is 4.38. The molecule has 0 spiro atoms. The molecule has 1 amide bonds. The third kappa shape index (κ3) is 7.13. The lowest BCUT2D eigenvalue weighted by atomic mass is 10.2. The summed E-state index contributed by atoms with van der Waals surface area (Å²) >= 11 is 0. The number of benzene rings is 1. The Labute approximate surface area is 189 Å². The van der Waals surface area contributed by atoms with Crippen LogP contribution >= 0.6 is 24.0 Å². The molecular weight excluding hydrogens is 487 g/mol. The number of rotatable bonds is 6. The minimum Gasteiger partial charge on any atom is -0.454 e. The second kappa shape index (κ2) is 10.2. The van der Waals surface area contributed by atoms with Crippen LogP contribution in [0.2, 0.25) is 0 Å². The van der Waals surface area contributed by atoms with Gasteiger partial charge in [-0.25, -0.2) is 4.79 Å². The first-order valence-corrected chi connectivity index (χ1v) is 9.68. The SMILES string of the molecule is CN=C(NCCN(C(=O)OC(C)(C)C)C1CC1)NCc1ccc2c(c1)OCO2.I.